The maximum absolute atomic E-state index is 12.0. The molecule has 1 N–H and O–H groups in total. The van der Waals surface area contributed by atoms with Gasteiger partial charge in [0.05, 0.1) is 12.2 Å². The van der Waals surface area contributed by atoms with Crippen molar-refractivity contribution in [2.75, 3.05) is 0 Å². The number of carbonyl (C=O) groups excluding carboxylic acids is 1. The topological polar surface area (TPSA) is 55.8 Å². The normalized spacial score (nSPS) is 47.3. The summed E-state index contributed by atoms with van der Waals surface area (Å²) in [7, 11) is 0. The molecule has 3 aliphatic heterocycles. The van der Waals surface area contributed by atoms with Crippen LogP contribution in [0, 0.1) is 11.8 Å². The zero-order valence-corrected chi connectivity index (χ0v) is 10.4. The fraction of sp³-hybridized carbons (Fsp3) is 0.643. The number of rotatable bonds is 1. The molecule has 98 valence electrons. The molecule has 3 aliphatic rings. The average molecular weight is 250 g/mol. The molecular weight excluding hydrogens is 232 g/mol. The molecule has 4 heteroatoms. The number of fused-ring (bicyclic) bond motifs is 2. The van der Waals surface area contributed by atoms with Gasteiger partial charge in [0.25, 0.3) is 0 Å². The van der Waals surface area contributed by atoms with Gasteiger partial charge in [-0.15, -0.1) is 0 Å². The SMILES string of the molecule is C[C@H]1[C@@H]([C@H]2OC(O)C=CC2=O)[C@@H]2CC=CC[C@H]1O2. The van der Waals surface area contributed by atoms with Crippen LogP contribution >= 0.6 is 0 Å². The summed E-state index contributed by atoms with van der Waals surface area (Å²) in [6.45, 7) is 2.11. The highest BCUT2D eigenvalue weighted by molar-refractivity contribution is 5.94. The fourth-order valence-electron chi connectivity index (χ4n) is 3.25. The Morgan fingerprint density at radius 2 is 1.94 bits per heavy atom. The van der Waals surface area contributed by atoms with Crippen LogP contribution in [0.25, 0.3) is 0 Å². The Labute approximate surface area is 106 Å². The molecule has 3 rings (SSSR count). The molecule has 0 amide bonds. The molecule has 0 aliphatic carbocycles. The average Bonchev–Trinajstić information content (AvgIpc) is 2.54. The lowest BCUT2D eigenvalue weighted by Gasteiger charge is -2.31. The molecule has 6 atom stereocenters. The van der Waals surface area contributed by atoms with Crippen molar-refractivity contribution >= 4 is 5.78 Å². The number of ether oxygens (including phenoxy) is 2. The van der Waals surface area contributed by atoms with Crippen LogP contribution in [0.4, 0.5) is 0 Å². The minimum Gasteiger partial charge on any atom is -0.374 e. The van der Waals surface area contributed by atoms with Crippen LogP contribution in [0.3, 0.4) is 0 Å². The predicted molar refractivity (Wildman–Crippen MR) is 64.7 cm³/mol. The van der Waals surface area contributed by atoms with Crippen molar-refractivity contribution < 1.29 is 19.4 Å². The Morgan fingerprint density at radius 1 is 1.22 bits per heavy atom. The molecule has 0 spiro atoms. The minimum atomic E-state index is -0.974. The number of aliphatic hydroxyl groups is 1. The molecular formula is C14H18O4. The maximum atomic E-state index is 12.0. The van der Waals surface area contributed by atoms with E-state index in [0.717, 1.165) is 12.8 Å². The summed E-state index contributed by atoms with van der Waals surface area (Å²) in [4.78, 5) is 12.0. The quantitative estimate of drug-likeness (QED) is 0.710. The Hall–Kier alpha value is -0.970. The van der Waals surface area contributed by atoms with Crippen molar-refractivity contribution in [3.05, 3.63) is 24.3 Å². The summed E-state index contributed by atoms with van der Waals surface area (Å²) in [5, 5.41) is 9.52. The highest BCUT2D eigenvalue weighted by atomic mass is 16.6. The molecule has 3 heterocycles. The van der Waals surface area contributed by atoms with E-state index < -0.39 is 12.4 Å². The Balaban J connectivity index is 1.85. The van der Waals surface area contributed by atoms with E-state index in [1.807, 2.05) is 0 Å². The third kappa shape index (κ3) is 1.94. The molecule has 0 aromatic carbocycles. The highest BCUT2D eigenvalue weighted by Gasteiger charge is 2.48. The third-order valence-electron chi connectivity index (χ3n) is 4.22. The van der Waals surface area contributed by atoms with E-state index in [4.69, 9.17) is 9.47 Å². The molecule has 18 heavy (non-hydrogen) atoms. The van der Waals surface area contributed by atoms with Crippen LogP contribution in [-0.2, 0) is 14.3 Å². The highest BCUT2D eigenvalue weighted by Crippen LogP contribution is 2.41. The lowest BCUT2D eigenvalue weighted by Crippen LogP contribution is -2.43. The molecule has 1 unspecified atom stereocenters. The van der Waals surface area contributed by atoms with Crippen molar-refractivity contribution in [3.63, 3.8) is 0 Å². The van der Waals surface area contributed by atoms with E-state index in [1.165, 1.54) is 12.2 Å². The fourth-order valence-corrected chi connectivity index (χ4v) is 3.25. The number of ketones is 1. The molecule has 1 saturated heterocycles. The number of carbonyl (C=O) groups is 1. The number of aliphatic hydroxyl groups excluding tert-OH is 1. The van der Waals surface area contributed by atoms with Crippen LogP contribution in [0.5, 0.6) is 0 Å². The molecule has 0 aromatic heterocycles. The minimum absolute atomic E-state index is 0.0244. The second-order valence-corrected chi connectivity index (χ2v) is 5.30. The Morgan fingerprint density at radius 3 is 2.72 bits per heavy atom. The Bertz CT molecular complexity index is 401. The summed E-state index contributed by atoms with van der Waals surface area (Å²) < 4.78 is 11.4. The molecule has 0 saturated carbocycles. The summed E-state index contributed by atoms with van der Waals surface area (Å²) >= 11 is 0. The maximum Gasteiger partial charge on any atom is 0.184 e. The first-order valence-electron chi connectivity index (χ1n) is 6.53. The van der Waals surface area contributed by atoms with Crippen LogP contribution in [0.15, 0.2) is 24.3 Å². The van der Waals surface area contributed by atoms with E-state index in [1.54, 1.807) is 0 Å². The molecule has 0 aromatic rings. The third-order valence-corrected chi connectivity index (χ3v) is 4.22. The smallest absolute Gasteiger partial charge is 0.184 e. The van der Waals surface area contributed by atoms with Gasteiger partial charge in [-0.1, -0.05) is 19.1 Å². The first-order chi connectivity index (χ1) is 8.66. The second-order valence-electron chi connectivity index (χ2n) is 5.30. The summed E-state index contributed by atoms with van der Waals surface area (Å²) in [6, 6.07) is 0. The molecule has 2 bridgehead atoms. The number of hydrogen-bond acceptors (Lipinski definition) is 4. The van der Waals surface area contributed by atoms with E-state index in [9.17, 15) is 9.90 Å². The lowest BCUT2D eigenvalue weighted by atomic mass is 9.79. The first kappa shape index (κ1) is 12.1. The first-order valence-corrected chi connectivity index (χ1v) is 6.53. The summed E-state index contributed by atoms with van der Waals surface area (Å²) in [6.07, 6.45) is 7.44. The van der Waals surface area contributed by atoms with E-state index >= 15 is 0 Å². The van der Waals surface area contributed by atoms with Gasteiger partial charge in [0.2, 0.25) is 0 Å². The molecule has 1 fully saturated rings. The van der Waals surface area contributed by atoms with Gasteiger partial charge in [-0.25, -0.2) is 0 Å². The van der Waals surface area contributed by atoms with Gasteiger partial charge in [-0.05, 0) is 30.9 Å². The van der Waals surface area contributed by atoms with Crippen molar-refractivity contribution in [2.45, 2.75) is 44.4 Å². The van der Waals surface area contributed by atoms with Crippen LogP contribution in [0.2, 0.25) is 0 Å². The van der Waals surface area contributed by atoms with Crippen LogP contribution in [0.1, 0.15) is 19.8 Å². The lowest BCUT2D eigenvalue weighted by molar-refractivity contribution is -0.161. The van der Waals surface area contributed by atoms with Crippen molar-refractivity contribution in [1.29, 1.82) is 0 Å². The van der Waals surface area contributed by atoms with Gasteiger partial charge in [-0.2, -0.15) is 0 Å². The monoisotopic (exact) mass is 250 g/mol. The summed E-state index contributed by atoms with van der Waals surface area (Å²) in [5.41, 5.74) is 0. The van der Waals surface area contributed by atoms with E-state index in [2.05, 4.69) is 19.1 Å². The van der Waals surface area contributed by atoms with Crippen molar-refractivity contribution in [1.82, 2.24) is 0 Å². The van der Waals surface area contributed by atoms with Crippen molar-refractivity contribution in [2.24, 2.45) is 11.8 Å². The standard InChI is InChI=1S/C14H18O4/c1-8-10-4-2-3-5-11(17-10)13(8)14-9(15)6-7-12(16)18-14/h2-3,6-8,10-14,16H,4-5H2,1H3/t8-,10-,11+,12?,13-,14+/m1/s1. The zero-order valence-electron chi connectivity index (χ0n) is 10.4. The van der Waals surface area contributed by atoms with Crippen molar-refractivity contribution in [3.8, 4) is 0 Å². The van der Waals surface area contributed by atoms with Gasteiger partial charge in [0.1, 0.15) is 6.10 Å². The van der Waals surface area contributed by atoms with Gasteiger partial charge in [-0.3, -0.25) is 4.79 Å². The largest absolute Gasteiger partial charge is 0.374 e. The van der Waals surface area contributed by atoms with Crippen LogP contribution < -0.4 is 0 Å². The van der Waals surface area contributed by atoms with Gasteiger partial charge >= 0.3 is 0 Å². The van der Waals surface area contributed by atoms with Gasteiger partial charge in [0.15, 0.2) is 12.1 Å². The van der Waals surface area contributed by atoms with Gasteiger partial charge < -0.3 is 14.6 Å². The van der Waals surface area contributed by atoms with E-state index in [0.29, 0.717) is 0 Å². The molecule has 4 nitrogen and oxygen atoms in total. The van der Waals surface area contributed by atoms with E-state index in [-0.39, 0.29) is 29.8 Å². The summed E-state index contributed by atoms with van der Waals surface area (Å²) in [5.74, 6) is 0.246. The zero-order chi connectivity index (χ0) is 12.7. The van der Waals surface area contributed by atoms with Gasteiger partial charge in [0, 0.05) is 5.92 Å². The molecule has 0 radical (unpaired) electrons. The number of hydrogen-bond donors (Lipinski definition) is 1. The van der Waals surface area contributed by atoms with Crippen LogP contribution in [-0.4, -0.2) is 35.5 Å². The Kier molecular flexibility index (Phi) is 3.09. The predicted octanol–water partition coefficient (Wildman–Crippen LogP) is 1.20. The second kappa shape index (κ2) is 4.61.